The molecule has 1 aromatic heterocycles. The van der Waals surface area contributed by atoms with Crippen molar-refractivity contribution in [3.8, 4) is 5.75 Å². The second-order valence-corrected chi connectivity index (χ2v) is 7.28. The normalized spacial score (nSPS) is 12.1. The van der Waals surface area contributed by atoms with Gasteiger partial charge in [-0.2, -0.15) is 0 Å². The monoisotopic (exact) mass is 415 g/mol. The van der Waals surface area contributed by atoms with Crippen molar-refractivity contribution in [3.05, 3.63) is 59.4 Å². The Labute approximate surface area is 175 Å². The third-order valence-electron chi connectivity index (χ3n) is 4.58. The van der Waals surface area contributed by atoms with E-state index < -0.39 is 0 Å². The van der Waals surface area contributed by atoms with E-state index in [4.69, 9.17) is 26.1 Å². The van der Waals surface area contributed by atoms with E-state index in [1.165, 1.54) is 7.11 Å². The first-order chi connectivity index (χ1) is 14.1. The van der Waals surface area contributed by atoms with Crippen molar-refractivity contribution in [2.75, 3.05) is 20.3 Å². The highest BCUT2D eigenvalue weighted by atomic mass is 35.5. The van der Waals surface area contributed by atoms with Gasteiger partial charge in [0, 0.05) is 18.7 Å². The Morgan fingerprint density at radius 3 is 2.69 bits per heavy atom. The number of halogens is 1. The Bertz CT molecular complexity index is 940. The zero-order valence-corrected chi connectivity index (χ0v) is 17.5. The van der Waals surface area contributed by atoms with Crippen LogP contribution >= 0.6 is 11.6 Å². The lowest BCUT2D eigenvalue weighted by molar-refractivity contribution is -0.125. The molecule has 3 aromatic rings. The van der Waals surface area contributed by atoms with Crippen LogP contribution in [0.4, 0.5) is 0 Å². The van der Waals surface area contributed by atoms with Gasteiger partial charge < -0.3 is 19.4 Å². The lowest BCUT2D eigenvalue weighted by atomic mass is 10.2. The Kier molecular flexibility index (Phi) is 7.49. The van der Waals surface area contributed by atoms with E-state index in [2.05, 4.69) is 16.0 Å². The molecule has 1 N–H and O–H groups in total. The summed E-state index contributed by atoms with van der Waals surface area (Å²) in [6.07, 6.45) is 1.83. The van der Waals surface area contributed by atoms with Crippen LogP contribution < -0.4 is 10.1 Å². The number of unbranched alkanes of at least 4 members (excludes halogenated alkanes) is 1. The van der Waals surface area contributed by atoms with Crippen molar-refractivity contribution in [3.63, 3.8) is 0 Å². The number of aryl methyl sites for hydroxylation is 1. The highest BCUT2D eigenvalue weighted by Crippen LogP contribution is 2.22. The van der Waals surface area contributed by atoms with Gasteiger partial charge in [0.25, 0.3) is 0 Å². The number of carbonyl (C=O) groups is 1. The van der Waals surface area contributed by atoms with Gasteiger partial charge in [0.2, 0.25) is 5.91 Å². The summed E-state index contributed by atoms with van der Waals surface area (Å²) in [5, 5.41) is 3.64. The SMILES string of the molecule is COCC(=O)NC(C)c1nc2ccccc2n1CCCCOc1ccc(Cl)cc1. The molecule has 0 fully saturated rings. The molecule has 0 aliphatic heterocycles. The van der Waals surface area contributed by atoms with Gasteiger partial charge in [0.1, 0.15) is 18.2 Å². The number of aromatic nitrogens is 2. The summed E-state index contributed by atoms with van der Waals surface area (Å²) in [5.74, 6) is 1.50. The molecule has 29 heavy (non-hydrogen) atoms. The van der Waals surface area contributed by atoms with E-state index in [1.807, 2.05) is 49.4 Å². The molecule has 1 amide bonds. The van der Waals surface area contributed by atoms with Crippen molar-refractivity contribution in [2.45, 2.75) is 32.4 Å². The minimum Gasteiger partial charge on any atom is -0.494 e. The van der Waals surface area contributed by atoms with Crippen LogP contribution in [0.15, 0.2) is 48.5 Å². The topological polar surface area (TPSA) is 65.4 Å². The standard InChI is InChI=1S/C22H26ClN3O3/c1-16(24-21(27)15-28-2)22-25-19-7-3-4-8-20(19)26(22)13-5-6-14-29-18-11-9-17(23)10-12-18/h3-4,7-12,16H,5-6,13-15H2,1-2H3,(H,24,27). The average Bonchev–Trinajstić information content (AvgIpc) is 3.08. The third-order valence-corrected chi connectivity index (χ3v) is 4.83. The molecule has 0 spiro atoms. The van der Waals surface area contributed by atoms with E-state index >= 15 is 0 Å². The second-order valence-electron chi connectivity index (χ2n) is 6.84. The van der Waals surface area contributed by atoms with Crippen LogP contribution in [0.3, 0.4) is 0 Å². The van der Waals surface area contributed by atoms with Gasteiger partial charge in [0.15, 0.2) is 0 Å². The Morgan fingerprint density at radius 1 is 1.17 bits per heavy atom. The molecule has 3 rings (SSSR count). The van der Waals surface area contributed by atoms with Crippen LogP contribution in [0.2, 0.25) is 5.02 Å². The number of nitrogens with zero attached hydrogens (tertiary/aromatic N) is 2. The van der Waals surface area contributed by atoms with E-state index in [1.54, 1.807) is 0 Å². The number of ether oxygens (including phenoxy) is 2. The van der Waals surface area contributed by atoms with E-state index in [9.17, 15) is 4.79 Å². The zero-order valence-electron chi connectivity index (χ0n) is 16.7. The first-order valence-electron chi connectivity index (χ1n) is 9.70. The second kappa shape index (κ2) is 10.3. The van der Waals surface area contributed by atoms with Crippen molar-refractivity contribution in [2.24, 2.45) is 0 Å². The molecule has 0 saturated heterocycles. The summed E-state index contributed by atoms with van der Waals surface area (Å²) >= 11 is 5.89. The van der Waals surface area contributed by atoms with Gasteiger partial charge in [-0.05, 0) is 56.2 Å². The van der Waals surface area contributed by atoms with Gasteiger partial charge >= 0.3 is 0 Å². The van der Waals surface area contributed by atoms with Crippen LogP contribution in [0.5, 0.6) is 5.75 Å². The quantitative estimate of drug-likeness (QED) is 0.499. The largest absolute Gasteiger partial charge is 0.494 e. The van der Waals surface area contributed by atoms with Crippen LogP contribution in [0.25, 0.3) is 11.0 Å². The molecule has 2 aromatic carbocycles. The van der Waals surface area contributed by atoms with Gasteiger partial charge in [0.05, 0.1) is 23.7 Å². The van der Waals surface area contributed by atoms with Crippen molar-refractivity contribution >= 4 is 28.5 Å². The number of hydrogen-bond donors (Lipinski definition) is 1. The van der Waals surface area contributed by atoms with Crippen LogP contribution in [0, 0.1) is 0 Å². The highest BCUT2D eigenvalue weighted by Gasteiger charge is 2.18. The Balaban J connectivity index is 1.62. The summed E-state index contributed by atoms with van der Waals surface area (Å²) < 4.78 is 12.9. The lowest BCUT2D eigenvalue weighted by Gasteiger charge is -2.16. The summed E-state index contributed by atoms with van der Waals surface area (Å²) in [7, 11) is 1.51. The Hall–Kier alpha value is -2.57. The van der Waals surface area contributed by atoms with Crippen LogP contribution in [0.1, 0.15) is 31.6 Å². The highest BCUT2D eigenvalue weighted by molar-refractivity contribution is 6.30. The lowest BCUT2D eigenvalue weighted by Crippen LogP contribution is -2.31. The molecule has 1 heterocycles. The molecule has 1 atom stereocenters. The van der Waals surface area contributed by atoms with Crippen LogP contribution in [-0.2, 0) is 16.1 Å². The van der Waals surface area contributed by atoms with Gasteiger partial charge in [-0.15, -0.1) is 0 Å². The van der Waals surface area contributed by atoms with E-state index in [0.717, 1.165) is 42.0 Å². The van der Waals surface area contributed by atoms with E-state index in [0.29, 0.717) is 11.6 Å². The summed E-state index contributed by atoms with van der Waals surface area (Å²) in [6, 6.07) is 15.2. The van der Waals surface area contributed by atoms with Gasteiger partial charge in [-0.1, -0.05) is 23.7 Å². The fourth-order valence-corrected chi connectivity index (χ4v) is 3.36. The minimum atomic E-state index is -0.213. The fourth-order valence-electron chi connectivity index (χ4n) is 3.23. The number of carbonyl (C=O) groups excluding carboxylic acids is 1. The maximum absolute atomic E-state index is 11.9. The number of methoxy groups -OCH3 is 1. The number of fused-ring (bicyclic) bond motifs is 1. The molecule has 0 radical (unpaired) electrons. The first kappa shape index (κ1) is 21.1. The minimum absolute atomic E-state index is 0.0343. The molecular weight excluding hydrogens is 390 g/mol. The smallest absolute Gasteiger partial charge is 0.246 e. The summed E-state index contributed by atoms with van der Waals surface area (Å²) in [5.41, 5.74) is 1.99. The molecule has 0 saturated carbocycles. The summed E-state index contributed by atoms with van der Waals surface area (Å²) in [6.45, 7) is 3.40. The number of imidazole rings is 1. The molecule has 7 heteroatoms. The molecule has 1 unspecified atom stereocenters. The van der Waals surface area contributed by atoms with Crippen LogP contribution in [-0.4, -0.2) is 35.8 Å². The molecule has 0 aliphatic carbocycles. The first-order valence-corrected chi connectivity index (χ1v) is 10.1. The Morgan fingerprint density at radius 2 is 1.93 bits per heavy atom. The maximum Gasteiger partial charge on any atom is 0.246 e. The number of amides is 1. The van der Waals surface area contributed by atoms with Gasteiger partial charge in [-0.25, -0.2) is 4.98 Å². The molecule has 0 aliphatic rings. The molecule has 0 bridgehead atoms. The average molecular weight is 416 g/mol. The number of benzene rings is 2. The fraction of sp³-hybridized carbons (Fsp3) is 0.364. The number of para-hydroxylation sites is 2. The van der Waals surface area contributed by atoms with E-state index in [-0.39, 0.29) is 18.6 Å². The molecular formula is C22H26ClN3O3. The van der Waals surface area contributed by atoms with Crippen molar-refractivity contribution in [1.82, 2.24) is 14.9 Å². The predicted molar refractivity (Wildman–Crippen MR) is 114 cm³/mol. The maximum atomic E-state index is 11.9. The van der Waals surface area contributed by atoms with Gasteiger partial charge in [-0.3, -0.25) is 4.79 Å². The predicted octanol–water partition coefficient (Wildman–Crippen LogP) is 4.37. The zero-order chi connectivity index (χ0) is 20.6. The number of rotatable bonds is 10. The van der Waals surface area contributed by atoms with Crippen molar-refractivity contribution in [1.29, 1.82) is 0 Å². The number of nitrogens with one attached hydrogen (secondary N) is 1. The third kappa shape index (κ3) is 5.71. The molecule has 6 nitrogen and oxygen atoms in total. The summed E-state index contributed by atoms with van der Waals surface area (Å²) in [4.78, 5) is 16.7. The van der Waals surface area contributed by atoms with Crippen molar-refractivity contribution < 1.29 is 14.3 Å². The number of hydrogen-bond acceptors (Lipinski definition) is 4. The molecule has 154 valence electrons.